The number of hydrogen-bond acceptors (Lipinski definition) is 0. The molecule has 2 aromatic heterocycles. The number of aromatic nitrogens is 2. The highest BCUT2D eigenvalue weighted by molar-refractivity contribution is 6.13. The van der Waals surface area contributed by atoms with Crippen LogP contribution in [0.4, 0.5) is 0 Å². The fraction of sp³-hybridized carbons (Fsp3) is 0.0417. The summed E-state index contributed by atoms with van der Waals surface area (Å²) in [6.45, 7) is 0. The first-order valence-corrected chi connectivity index (χ1v) is 17.5. The van der Waals surface area contributed by atoms with Crippen molar-refractivity contribution in [2.75, 3.05) is 0 Å². The molecule has 2 heteroatoms. The first-order valence-electron chi connectivity index (χ1n) is 17.5. The van der Waals surface area contributed by atoms with Gasteiger partial charge in [0.15, 0.2) is 0 Å². The predicted molar refractivity (Wildman–Crippen MR) is 212 cm³/mol. The molecule has 0 saturated carbocycles. The van der Waals surface area contributed by atoms with Crippen LogP contribution in [0.2, 0.25) is 0 Å². The number of benzene rings is 7. The van der Waals surface area contributed by atoms with Gasteiger partial charge in [-0.1, -0.05) is 133 Å². The summed E-state index contributed by atoms with van der Waals surface area (Å²) in [7, 11) is 0. The Morgan fingerprint density at radius 2 is 0.900 bits per heavy atom. The Hall–Kier alpha value is -6.38. The van der Waals surface area contributed by atoms with Gasteiger partial charge in [-0.25, -0.2) is 0 Å². The van der Waals surface area contributed by atoms with Gasteiger partial charge in [-0.2, -0.15) is 0 Å². The molecule has 1 atom stereocenters. The zero-order valence-electron chi connectivity index (χ0n) is 27.6. The molecule has 0 bridgehead atoms. The van der Waals surface area contributed by atoms with E-state index in [9.17, 15) is 0 Å². The maximum Gasteiger partial charge on any atom is 0.0541 e. The van der Waals surface area contributed by atoms with E-state index in [1.165, 1.54) is 82.8 Å². The van der Waals surface area contributed by atoms with Crippen molar-refractivity contribution in [3.05, 3.63) is 194 Å². The maximum atomic E-state index is 2.50. The molecule has 0 N–H and O–H groups in total. The molecule has 1 aliphatic rings. The normalized spacial score (nSPS) is 14.6. The minimum Gasteiger partial charge on any atom is -0.312 e. The topological polar surface area (TPSA) is 9.86 Å². The largest absolute Gasteiger partial charge is 0.312 e. The number of hydrogen-bond donors (Lipinski definition) is 0. The lowest BCUT2D eigenvalue weighted by Gasteiger charge is -2.24. The van der Waals surface area contributed by atoms with Crippen LogP contribution < -0.4 is 0 Å². The van der Waals surface area contributed by atoms with Gasteiger partial charge < -0.3 is 9.13 Å². The highest BCUT2D eigenvalue weighted by Crippen LogP contribution is 2.42. The fourth-order valence-corrected chi connectivity index (χ4v) is 8.14. The minimum atomic E-state index is 0.300. The van der Waals surface area contributed by atoms with Crippen molar-refractivity contribution in [2.45, 2.75) is 12.3 Å². The Balaban J connectivity index is 1.10. The molecular weight excluding hydrogens is 605 g/mol. The Bertz CT molecular complexity index is 2760. The van der Waals surface area contributed by atoms with Gasteiger partial charge in [0.25, 0.3) is 0 Å². The number of rotatable bonds is 5. The molecule has 2 nitrogen and oxygen atoms in total. The van der Waals surface area contributed by atoms with Gasteiger partial charge in [0.1, 0.15) is 0 Å². The average molecular weight is 639 g/mol. The van der Waals surface area contributed by atoms with Crippen LogP contribution in [-0.2, 0) is 0 Å². The van der Waals surface area contributed by atoms with Crippen LogP contribution in [0.1, 0.15) is 17.9 Å². The van der Waals surface area contributed by atoms with Crippen molar-refractivity contribution in [3.63, 3.8) is 0 Å². The SMILES string of the molecule is C1=CCC(c2ccccc2)C(n2c3ccccc3c3cc(-c4ccc5c(c4)c4ccccc4n5-c4ccc(-c5ccccc5)cc4)ccc32)=C1. The summed E-state index contributed by atoms with van der Waals surface area (Å²) in [5.41, 5.74) is 13.7. The molecular formula is C48H34N2. The van der Waals surface area contributed by atoms with Gasteiger partial charge in [-0.3, -0.25) is 0 Å². The predicted octanol–water partition coefficient (Wildman–Crippen LogP) is 12.8. The van der Waals surface area contributed by atoms with E-state index in [-0.39, 0.29) is 0 Å². The van der Waals surface area contributed by atoms with Gasteiger partial charge in [0.05, 0.1) is 22.1 Å². The first-order chi connectivity index (χ1) is 24.8. The molecule has 0 aliphatic heterocycles. The second-order valence-electron chi connectivity index (χ2n) is 13.3. The minimum absolute atomic E-state index is 0.300. The highest BCUT2D eigenvalue weighted by Gasteiger charge is 2.23. The van der Waals surface area contributed by atoms with Crippen LogP contribution in [0.15, 0.2) is 188 Å². The van der Waals surface area contributed by atoms with Crippen molar-refractivity contribution >= 4 is 49.3 Å². The van der Waals surface area contributed by atoms with Gasteiger partial charge in [-0.05, 0) is 88.8 Å². The van der Waals surface area contributed by atoms with E-state index < -0.39 is 0 Å². The van der Waals surface area contributed by atoms with Crippen LogP contribution in [0.5, 0.6) is 0 Å². The zero-order valence-corrected chi connectivity index (χ0v) is 27.6. The summed E-state index contributed by atoms with van der Waals surface area (Å²) in [6, 6.07) is 62.1. The molecule has 0 saturated heterocycles. The Labute approximate surface area is 291 Å². The Kier molecular flexibility index (Phi) is 6.67. The molecule has 9 aromatic rings. The molecule has 10 rings (SSSR count). The molecule has 1 aliphatic carbocycles. The summed E-state index contributed by atoms with van der Waals surface area (Å²) in [4.78, 5) is 0. The quantitative estimate of drug-likeness (QED) is 0.178. The molecule has 1 unspecified atom stereocenters. The summed E-state index contributed by atoms with van der Waals surface area (Å²) in [6.07, 6.45) is 7.81. The molecule has 0 fully saturated rings. The van der Waals surface area contributed by atoms with Crippen molar-refractivity contribution in [1.29, 1.82) is 0 Å². The second-order valence-corrected chi connectivity index (χ2v) is 13.3. The summed E-state index contributed by atoms with van der Waals surface area (Å²) in [5, 5.41) is 5.08. The molecule has 0 radical (unpaired) electrons. The number of allylic oxidation sites excluding steroid dienone is 4. The van der Waals surface area contributed by atoms with Crippen LogP contribution >= 0.6 is 0 Å². The van der Waals surface area contributed by atoms with Crippen LogP contribution in [-0.4, -0.2) is 9.13 Å². The third-order valence-electron chi connectivity index (χ3n) is 10.5. The third-order valence-corrected chi connectivity index (χ3v) is 10.5. The van der Waals surface area contributed by atoms with Gasteiger partial charge >= 0.3 is 0 Å². The lowest BCUT2D eigenvalue weighted by Crippen LogP contribution is -2.09. The summed E-state index contributed by atoms with van der Waals surface area (Å²) >= 11 is 0. The number of nitrogens with zero attached hydrogens (tertiary/aromatic N) is 2. The van der Waals surface area contributed by atoms with Gasteiger partial charge in [0, 0.05) is 38.8 Å². The summed E-state index contributed by atoms with van der Waals surface area (Å²) in [5.74, 6) is 0.300. The Morgan fingerprint density at radius 1 is 0.400 bits per heavy atom. The van der Waals surface area contributed by atoms with E-state index in [4.69, 9.17) is 0 Å². The van der Waals surface area contributed by atoms with Crippen molar-refractivity contribution < 1.29 is 0 Å². The first kappa shape index (κ1) is 28.6. The van der Waals surface area contributed by atoms with E-state index in [1.807, 2.05) is 0 Å². The van der Waals surface area contributed by atoms with E-state index in [0.29, 0.717) is 5.92 Å². The number of fused-ring (bicyclic) bond motifs is 6. The maximum absolute atomic E-state index is 2.50. The highest BCUT2D eigenvalue weighted by atomic mass is 15.0. The van der Waals surface area contributed by atoms with Crippen molar-refractivity contribution in [3.8, 4) is 27.9 Å². The van der Waals surface area contributed by atoms with E-state index in [2.05, 4.69) is 197 Å². The van der Waals surface area contributed by atoms with Crippen molar-refractivity contribution in [1.82, 2.24) is 9.13 Å². The molecule has 0 spiro atoms. The zero-order chi connectivity index (χ0) is 33.0. The van der Waals surface area contributed by atoms with E-state index >= 15 is 0 Å². The lowest BCUT2D eigenvalue weighted by atomic mass is 9.89. The van der Waals surface area contributed by atoms with Gasteiger partial charge in [-0.15, -0.1) is 0 Å². The average Bonchev–Trinajstić information content (AvgIpc) is 3.71. The monoisotopic (exact) mass is 638 g/mol. The van der Waals surface area contributed by atoms with E-state index in [1.54, 1.807) is 0 Å². The van der Waals surface area contributed by atoms with Crippen LogP contribution in [0.25, 0.3) is 77.2 Å². The third kappa shape index (κ3) is 4.57. The molecule has 7 aromatic carbocycles. The summed E-state index contributed by atoms with van der Waals surface area (Å²) < 4.78 is 4.89. The standard InChI is InChI=1S/C48H34N2/c1-3-13-33(14-4-1)34-23-27-38(28-24-34)49-45-21-11-8-18-40(45)42-31-36(25-29-47(42)49)37-26-30-48-43(32-37)41-19-9-12-22-46(41)50(48)44-20-10-7-17-39(44)35-15-5-2-6-16-35/h1-16,18-32,39H,17H2. The van der Waals surface area contributed by atoms with E-state index in [0.717, 1.165) is 6.42 Å². The van der Waals surface area contributed by atoms with Crippen molar-refractivity contribution in [2.24, 2.45) is 0 Å². The molecule has 0 amide bonds. The molecule has 236 valence electrons. The lowest BCUT2D eigenvalue weighted by molar-refractivity contribution is 0.830. The van der Waals surface area contributed by atoms with Crippen LogP contribution in [0.3, 0.4) is 0 Å². The Morgan fingerprint density at radius 3 is 1.56 bits per heavy atom. The fourth-order valence-electron chi connectivity index (χ4n) is 8.14. The smallest absolute Gasteiger partial charge is 0.0541 e. The molecule has 50 heavy (non-hydrogen) atoms. The second kappa shape index (κ2) is 11.6. The molecule has 2 heterocycles. The van der Waals surface area contributed by atoms with Gasteiger partial charge in [0.2, 0.25) is 0 Å². The van der Waals surface area contributed by atoms with Crippen LogP contribution in [0, 0.1) is 0 Å². The number of para-hydroxylation sites is 2.